The number of hydrogen-bond donors (Lipinski definition) is 1. The average Bonchev–Trinajstić information content (AvgIpc) is 2.36. The molecule has 0 aliphatic rings. The molecule has 18 heavy (non-hydrogen) atoms. The van der Waals surface area contributed by atoms with Gasteiger partial charge in [-0.15, -0.1) is 11.8 Å². The lowest BCUT2D eigenvalue weighted by Crippen LogP contribution is -2.00. The largest absolute Gasteiger partial charge is 0.388 e. The highest BCUT2D eigenvalue weighted by atomic mass is 79.9. The van der Waals surface area contributed by atoms with Gasteiger partial charge in [-0.25, -0.2) is 0 Å². The molecular weight excluding hydrogens is 308 g/mol. The van der Waals surface area contributed by atoms with Crippen molar-refractivity contribution in [2.75, 3.05) is 5.75 Å². The summed E-state index contributed by atoms with van der Waals surface area (Å²) in [7, 11) is 0. The van der Waals surface area contributed by atoms with E-state index in [1.54, 1.807) is 11.8 Å². The molecular formula is C15H15BrOS. The molecule has 2 rings (SSSR count). The zero-order valence-corrected chi connectivity index (χ0v) is 12.5. The van der Waals surface area contributed by atoms with Crippen molar-refractivity contribution in [1.29, 1.82) is 0 Å². The van der Waals surface area contributed by atoms with Crippen LogP contribution in [0.5, 0.6) is 0 Å². The van der Waals surface area contributed by atoms with E-state index < -0.39 is 6.10 Å². The Hall–Kier alpha value is -0.770. The van der Waals surface area contributed by atoms with Crippen molar-refractivity contribution in [3.8, 4) is 0 Å². The molecule has 0 heterocycles. The maximum absolute atomic E-state index is 10.1. The van der Waals surface area contributed by atoms with Gasteiger partial charge in [-0.2, -0.15) is 0 Å². The third kappa shape index (κ3) is 3.87. The van der Waals surface area contributed by atoms with Crippen LogP contribution in [0.2, 0.25) is 0 Å². The number of aliphatic hydroxyl groups excluding tert-OH is 1. The molecule has 1 nitrogen and oxygen atoms in total. The van der Waals surface area contributed by atoms with Crippen LogP contribution in [0, 0.1) is 6.92 Å². The fourth-order valence-corrected chi connectivity index (χ4v) is 3.18. The normalized spacial score (nSPS) is 12.4. The third-order valence-corrected chi connectivity index (χ3v) is 4.19. The van der Waals surface area contributed by atoms with E-state index in [4.69, 9.17) is 0 Å². The van der Waals surface area contributed by atoms with Gasteiger partial charge in [0, 0.05) is 15.1 Å². The molecule has 1 atom stereocenters. The van der Waals surface area contributed by atoms with Gasteiger partial charge in [-0.05, 0) is 30.7 Å². The van der Waals surface area contributed by atoms with E-state index in [1.165, 1.54) is 5.56 Å². The highest BCUT2D eigenvalue weighted by molar-refractivity contribution is 9.10. The average molecular weight is 323 g/mol. The van der Waals surface area contributed by atoms with Gasteiger partial charge in [0.25, 0.3) is 0 Å². The van der Waals surface area contributed by atoms with Crippen LogP contribution in [-0.2, 0) is 0 Å². The molecule has 0 amide bonds. The summed E-state index contributed by atoms with van der Waals surface area (Å²) in [5, 5.41) is 10.1. The van der Waals surface area contributed by atoms with E-state index >= 15 is 0 Å². The number of aryl methyl sites for hydroxylation is 1. The molecule has 2 aromatic carbocycles. The van der Waals surface area contributed by atoms with Gasteiger partial charge in [0.15, 0.2) is 0 Å². The van der Waals surface area contributed by atoms with Crippen LogP contribution in [0.25, 0.3) is 0 Å². The van der Waals surface area contributed by atoms with E-state index in [0.717, 1.165) is 14.9 Å². The summed E-state index contributed by atoms with van der Waals surface area (Å²) in [6.45, 7) is 2.04. The number of benzene rings is 2. The Kier molecular flexibility index (Phi) is 4.87. The van der Waals surface area contributed by atoms with E-state index in [0.29, 0.717) is 5.75 Å². The van der Waals surface area contributed by atoms with Gasteiger partial charge in [0.1, 0.15) is 0 Å². The number of rotatable bonds is 4. The number of thioether (sulfide) groups is 1. The first-order chi connectivity index (χ1) is 8.65. The van der Waals surface area contributed by atoms with Crippen LogP contribution in [0.1, 0.15) is 17.2 Å². The van der Waals surface area contributed by atoms with Crippen LogP contribution in [0.4, 0.5) is 0 Å². The second-order valence-corrected chi connectivity index (χ2v) is 6.21. The van der Waals surface area contributed by atoms with Crippen LogP contribution < -0.4 is 0 Å². The molecule has 0 spiro atoms. The molecule has 0 fully saturated rings. The lowest BCUT2D eigenvalue weighted by atomic mass is 10.1. The number of aliphatic hydroxyl groups is 1. The second-order valence-electron chi connectivity index (χ2n) is 4.20. The molecule has 0 aliphatic carbocycles. The van der Waals surface area contributed by atoms with E-state index in [1.807, 2.05) is 43.3 Å². The predicted molar refractivity (Wildman–Crippen MR) is 81.0 cm³/mol. The van der Waals surface area contributed by atoms with Gasteiger partial charge in [0.05, 0.1) is 6.10 Å². The van der Waals surface area contributed by atoms with Crippen molar-refractivity contribution in [2.24, 2.45) is 0 Å². The van der Waals surface area contributed by atoms with Crippen molar-refractivity contribution in [3.05, 3.63) is 64.1 Å². The summed E-state index contributed by atoms with van der Waals surface area (Å²) in [5.41, 5.74) is 2.16. The van der Waals surface area contributed by atoms with Gasteiger partial charge in [0.2, 0.25) is 0 Å². The summed E-state index contributed by atoms with van der Waals surface area (Å²) < 4.78 is 1.07. The Morgan fingerprint density at radius 1 is 1.17 bits per heavy atom. The standard InChI is InChI=1S/C15H15BrOS/c1-11-4-2-5-12(8-11)15(17)10-18-14-7-3-6-13(16)9-14/h2-9,15,17H,10H2,1H3. The summed E-state index contributed by atoms with van der Waals surface area (Å²) in [6, 6.07) is 16.2. The summed E-state index contributed by atoms with van der Waals surface area (Å²) in [5.74, 6) is 0.667. The molecule has 3 heteroatoms. The molecule has 0 saturated heterocycles. The molecule has 1 unspecified atom stereocenters. The zero-order chi connectivity index (χ0) is 13.0. The highest BCUT2D eigenvalue weighted by Gasteiger charge is 2.08. The van der Waals surface area contributed by atoms with Crippen molar-refractivity contribution in [3.63, 3.8) is 0 Å². The van der Waals surface area contributed by atoms with Crippen LogP contribution in [-0.4, -0.2) is 10.9 Å². The fraction of sp³-hybridized carbons (Fsp3) is 0.200. The fourth-order valence-electron chi connectivity index (χ4n) is 1.71. The lowest BCUT2D eigenvalue weighted by Gasteiger charge is -2.11. The molecule has 94 valence electrons. The molecule has 0 saturated carbocycles. The zero-order valence-electron chi connectivity index (χ0n) is 10.1. The molecule has 2 aromatic rings. The lowest BCUT2D eigenvalue weighted by molar-refractivity contribution is 0.204. The number of hydrogen-bond acceptors (Lipinski definition) is 2. The quantitative estimate of drug-likeness (QED) is 0.831. The van der Waals surface area contributed by atoms with Crippen molar-refractivity contribution >= 4 is 27.7 Å². The summed E-state index contributed by atoms with van der Waals surface area (Å²) in [6.07, 6.45) is -0.422. The molecule has 0 aromatic heterocycles. The van der Waals surface area contributed by atoms with Crippen LogP contribution >= 0.6 is 27.7 Å². The Bertz CT molecular complexity index is 527. The Morgan fingerprint density at radius 3 is 2.67 bits per heavy atom. The van der Waals surface area contributed by atoms with Gasteiger partial charge in [-0.3, -0.25) is 0 Å². The van der Waals surface area contributed by atoms with E-state index in [-0.39, 0.29) is 0 Å². The second kappa shape index (κ2) is 6.41. The topological polar surface area (TPSA) is 20.2 Å². The monoisotopic (exact) mass is 322 g/mol. The summed E-state index contributed by atoms with van der Waals surface area (Å²) in [4.78, 5) is 1.16. The minimum absolute atomic E-state index is 0.422. The maximum Gasteiger partial charge on any atom is 0.0884 e. The van der Waals surface area contributed by atoms with Gasteiger partial charge >= 0.3 is 0 Å². The van der Waals surface area contributed by atoms with Crippen molar-refractivity contribution < 1.29 is 5.11 Å². The third-order valence-electron chi connectivity index (χ3n) is 2.63. The maximum atomic E-state index is 10.1. The van der Waals surface area contributed by atoms with E-state index in [9.17, 15) is 5.11 Å². The number of halogens is 1. The highest BCUT2D eigenvalue weighted by Crippen LogP contribution is 2.26. The first-order valence-electron chi connectivity index (χ1n) is 5.78. The molecule has 0 aliphatic heterocycles. The Morgan fingerprint density at radius 2 is 1.94 bits per heavy atom. The Balaban J connectivity index is 1.98. The SMILES string of the molecule is Cc1cccc(C(O)CSc2cccc(Br)c2)c1. The first kappa shape index (κ1) is 13.7. The first-order valence-corrected chi connectivity index (χ1v) is 7.56. The van der Waals surface area contributed by atoms with Crippen molar-refractivity contribution in [2.45, 2.75) is 17.9 Å². The van der Waals surface area contributed by atoms with Gasteiger partial charge < -0.3 is 5.11 Å². The summed E-state index contributed by atoms with van der Waals surface area (Å²) >= 11 is 5.11. The molecule has 0 bridgehead atoms. The smallest absolute Gasteiger partial charge is 0.0884 e. The Labute approximate surface area is 120 Å². The van der Waals surface area contributed by atoms with Crippen molar-refractivity contribution in [1.82, 2.24) is 0 Å². The van der Waals surface area contributed by atoms with Gasteiger partial charge in [-0.1, -0.05) is 51.8 Å². The minimum Gasteiger partial charge on any atom is -0.388 e. The molecule has 1 N–H and O–H groups in total. The minimum atomic E-state index is -0.422. The predicted octanol–water partition coefficient (Wildman–Crippen LogP) is 4.58. The van der Waals surface area contributed by atoms with Crippen LogP contribution in [0.3, 0.4) is 0 Å². The van der Waals surface area contributed by atoms with Crippen LogP contribution in [0.15, 0.2) is 57.9 Å². The molecule has 0 radical (unpaired) electrons. The van der Waals surface area contributed by atoms with E-state index in [2.05, 4.69) is 28.1 Å².